The van der Waals surface area contributed by atoms with Crippen molar-refractivity contribution in [1.82, 2.24) is 59.9 Å². The van der Waals surface area contributed by atoms with Crippen molar-refractivity contribution in [2.45, 2.75) is 74.7 Å². The van der Waals surface area contributed by atoms with Crippen LogP contribution < -0.4 is 41.9 Å². The Labute approximate surface area is 583 Å². The molecule has 0 bridgehead atoms. The molecule has 2 fully saturated rings. The highest BCUT2D eigenvalue weighted by molar-refractivity contribution is 8.01. The number of oxime groups is 2. The first-order valence-electron chi connectivity index (χ1n) is 27.9. The van der Waals surface area contributed by atoms with E-state index in [-0.39, 0.29) is 101 Å². The number of aromatic nitrogens is 8. The van der Waals surface area contributed by atoms with Crippen LogP contribution in [0.5, 0.6) is 11.8 Å². The molecule has 4 N–H and O–H groups in total. The number of rotatable bonds is 28. The maximum absolute atomic E-state index is 14.6. The van der Waals surface area contributed by atoms with E-state index in [0.29, 0.717) is 0 Å². The number of halogens is 2. The second-order valence-electron chi connectivity index (χ2n) is 22.0. The summed E-state index contributed by atoms with van der Waals surface area (Å²) in [6, 6.07) is -2.63. The van der Waals surface area contributed by atoms with Crippen molar-refractivity contribution in [3.05, 3.63) is 65.4 Å². The smallest absolute Gasteiger partial charge is 0.357 e. The lowest BCUT2D eigenvalue weighted by molar-refractivity contribution is -0.168. The van der Waals surface area contributed by atoms with Crippen molar-refractivity contribution in [2.24, 2.45) is 35.2 Å². The number of alkyl halides is 2. The summed E-state index contributed by atoms with van der Waals surface area (Å²) < 4.78 is 34.4. The maximum atomic E-state index is 14.6. The van der Waals surface area contributed by atoms with Gasteiger partial charge in [-0.1, -0.05) is 33.8 Å². The molecule has 0 aromatic carbocycles. The molecule has 4 aromatic heterocycles. The summed E-state index contributed by atoms with van der Waals surface area (Å²) >= 11 is 17.2. The molecule has 2 saturated heterocycles. The number of thiazole rings is 2. The third-order valence-corrected chi connectivity index (χ3v) is 19.9. The molecule has 97 heavy (non-hydrogen) atoms. The first-order chi connectivity index (χ1) is 46.0. The fourth-order valence-corrected chi connectivity index (χ4v) is 14.7. The third-order valence-electron chi connectivity index (χ3n) is 13.0. The number of nitrogens with one attached hydrogen (secondary N) is 4. The highest BCUT2D eigenvalue weighted by Gasteiger charge is 2.56. The average molecular weight is 1500 g/mol. The number of esters is 4. The number of carbonyl (C=O) groups excluding carboxylic acids is 10. The molecule has 44 heteroatoms. The minimum Gasteiger partial charge on any atom is -0.435 e. The Kier molecular flexibility index (Phi) is 24.8. The van der Waals surface area contributed by atoms with Crippen LogP contribution in [0, 0.1) is 10.8 Å². The number of nitrogens with zero attached hydrogens (tertiary/aromatic N) is 12. The lowest BCUT2D eigenvalue weighted by Gasteiger charge is -2.50. The first kappa shape index (κ1) is 74.4. The van der Waals surface area contributed by atoms with Crippen molar-refractivity contribution in [3.63, 3.8) is 0 Å². The summed E-state index contributed by atoms with van der Waals surface area (Å²) in [7, 11) is 5.19. The second kappa shape index (κ2) is 32.3. The van der Waals surface area contributed by atoms with Crippen LogP contribution in [0.2, 0.25) is 0 Å². The van der Waals surface area contributed by atoms with Gasteiger partial charge in [0.05, 0.1) is 10.8 Å². The second-order valence-corrected chi connectivity index (χ2v) is 28.4. The summed E-state index contributed by atoms with van der Waals surface area (Å²) in [6.45, 7) is 7.29. The largest absolute Gasteiger partial charge is 0.435 e. The molecule has 4 atom stereocenters. The van der Waals surface area contributed by atoms with Gasteiger partial charge in [0.2, 0.25) is 32.2 Å². The van der Waals surface area contributed by atoms with Crippen LogP contribution in [0.15, 0.2) is 63.5 Å². The van der Waals surface area contributed by atoms with Gasteiger partial charge in [-0.3, -0.25) is 57.7 Å². The zero-order valence-corrected chi connectivity index (χ0v) is 59.0. The van der Waals surface area contributed by atoms with Gasteiger partial charge in [-0.05, 0) is 52.7 Å². The van der Waals surface area contributed by atoms with E-state index < -0.39 is 136 Å². The molecule has 8 rings (SSSR count). The van der Waals surface area contributed by atoms with Crippen molar-refractivity contribution in [3.8, 4) is 11.8 Å². The summed E-state index contributed by atoms with van der Waals surface area (Å²) in [4.78, 5) is 189. The zero-order valence-electron chi connectivity index (χ0n) is 52.6. The summed E-state index contributed by atoms with van der Waals surface area (Å²) in [5, 5.41) is 26.9. The SMILES string of the molecule is CON=C(C(=O)N[C@@H]1C(=O)N2C(C(=O)OCOC(=O)C3=C(CSc4nc(=O)c(OCOC(=O)C(C)(C)C)nn4C)CS[C@@H]4[C@H](NC(=O)C(=NOC)c5csc(NC(=O)CCl)n5)C(=O)N34)=C(CSc3nc(=O)c(OCOC(=O)C(C)(C)C)nn3C)CS[C@H]12)c1csc(NC(=O)CCl)n1. The number of thioether (sulfide) groups is 4. The predicted octanol–water partition coefficient (Wildman–Crippen LogP) is 1.12. The number of fused-ring (bicyclic) bond motifs is 2. The summed E-state index contributed by atoms with van der Waals surface area (Å²) in [6.07, 6.45) is 0. The number of carbonyl (C=O) groups is 10. The fraction of sp³-hybridized carbons (Fsp3) is 0.472. The number of anilines is 2. The Bertz CT molecular complexity index is 3820. The van der Waals surface area contributed by atoms with Crippen molar-refractivity contribution in [2.75, 3.05) is 80.0 Å². The summed E-state index contributed by atoms with van der Waals surface area (Å²) in [5.41, 5.74) is -4.74. The van der Waals surface area contributed by atoms with Crippen molar-refractivity contribution in [1.29, 1.82) is 0 Å². The Morgan fingerprint density at radius 2 is 0.969 bits per heavy atom. The molecule has 0 radical (unpaired) electrons. The molecule has 4 aliphatic rings. The molecule has 0 spiro atoms. The quantitative estimate of drug-likeness (QED) is 0.00904. The van der Waals surface area contributed by atoms with E-state index >= 15 is 0 Å². The highest BCUT2D eigenvalue weighted by Crippen LogP contribution is 2.44. The molecule has 0 unspecified atom stereocenters. The van der Waals surface area contributed by atoms with Gasteiger partial charge in [0.25, 0.3) is 23.6 Å². The Balaban J connectivity index is 1.04. The first-order valence-corrected chi connectivity index (χ1v) is 34.8. The molecule has 4 aliphatic heterocycles. The Hall–Kier alpha value is -8.42. The molecule has 0 aliphatic carbocycles. The zero-order chi connectivity index (χ0) is 70.8. The van der Waals surface area contributed by atoms with Crippen LogP contribution in [0.25, 0.3) is 0 Å². The third kappa shape index (κ3) is 17.8. The molecular formula is C53H58Cl2N16O20S6. The topological polar surface area (TPSA) is 445 Å². The van der Waals surface area contributed by atoms with E-state index in [1.165, 1.54) is 34.2 Å². The van der Waals surface area contributed by atoms with E-state index in [4.69, 9.17) is 61.3 Å². The van der Waals surface area contributed by atoms with Crippen LogP contribution in [-0.2, 0) is 90.7 Å². The van der Waals surface area contributed by atoms with Crippen LogP contribution in [0.1, 0.15) is 52.9 Å². The standard InChI is InChI=1S/C53H58Cl2N16O20S6/c1-52(2,3)46(82)90-19-86-38-36(76)62-50(68(7)64-38)96-15-22-13-92-42-30(60-34(74)28(66-84-9)24-17-94-48(56-24)58-26(72)11-54)40(78)70(42)32(22)44(80)88-21-89-45(81)33-23(16-97-51-63-37(77)39(65-69(51)8)87-20-91-47(83)53(4,5)6)14-93-43-31(41(79)71(33)43)61-35(75)29(67-85-10)25-18-95-49(57-25)59-27(73)12-55/h17-18,30-31,42-43H,11-16,19-21H2,1-10H3,(H,60,74)(H,61,75)(H,56,58,72)(H,57,59,73)/t30-,31-,42-,43-/m1/s1. The van der Waals surface area contributed by atoms with E-state index in [9.17, 15) is 57.5 Å². The number of amides is 6. The number of aryl methyl sites for hydroxylation is 2. The van der Waals surface area contributed by atoms with Crippen molar-refractivity contribution < 1.29 is 86.0 Å². The molecule has 36 nitrogen and oxygen atoms in total. The molecular weight excluding hydrogens is 1440 g/mol. The van der Waals surface area contributed by atoms with Crippen LogP contribution >= 0.6 is 92.9 Å². The maximum Gasteiger partial charge on any atom is 0.357 e. The minimum absolute atomic E-state index is 0.000694. The Morgan fingerprint density at radius 3 is 1.32 bits per heavy atom. The van der Waals surface area contributed by atoms with Gasteiger partial charge in [0.15, 0.2) is 32.0 Å². The van der Waals surface area contributed by atoms with Gasteiger partial charge < -0.3 is 59.4 Å². The Morgan fingerprint density at radius 1 is 0.588 bits per heavy atom. The van der Waals surface area contributed by atoms with Crippen LogP contribution in [0.4, 0.5) is 10.3 Å². The van der Waals surface area contributed by atoms with Crippen LogP contribution in [0.3, 0.4) is 0 Å². The fourth-order valence-electron chi connectivity index (χ4n) is 8.34. The minimum atomic E-state index is -1.31. The van der Waals surface area contributed by atoms with Gasteiger partial charge in [0.1, 0.15) is 71.6 Å². The van der Waals surface area contributed by atoms with Gasteiger partial charge in [-0.2, -0.15) is 9.97 Å². The lowest BCUT2D eigenvalue weighted by Crippen LogP contribution is -2.71. The molecule has 6 amide bonds. The number of hydrogen-bond donors (Lipinski definition) is 4. The van der Waals surface area contributed by atoms with Gasteiger partial charge in [-0.25, -0.2) is 28.9 Å². The summed E-state index contributed by atoms with van der Waals surface area (Å²) in [5.74, 6) is -10.5. The monoisotopic (exact) mass is 1500 g/mol. The van der Waals surface area contributed by atoms with Gasteiger partial charge in [-0.15, -0.1) is 79.6 Å². The number of hydrogen-bond acceptors (Lipinski definition) is 34. The van der Waals surface area contributed by atoms with E-state index in [1.54, 1.807) is 41.5 Å². The molecule has 8 heterocycles. The molecule has 0 saturated carbocycles. The normalized spacial score (nSPS) is 17.7. The molecule has 520 valence electrons. The van der Waals surface area contributed by atoms with E-state index in [1.807, 2.05) is 0 Å². The molecule has 4 aromatic rings. The lowest BCUT2D eigenvalue weighted by atomic mass is 9.97. The highest BCUT2D eigenvalue weighted by atomic mass is 35.5. The van der Waals surface area contributed by atoms with Crippen molar-refractivity contribution >= 4 is 174 Å². The van der Waals surface area contributed by atoms with Gasteiger partial charge >= 0.3 is 46.8 Å². The van der Waals surface area contributed by atoms with Crippen LogP contribution in [-0.4, -0.2) is 212 Å². The number of β-lactam (4-membered cyclic amide) rings is 2. The predicted molar refractivity (Wildman–Crippen MR) is 349 cm³/mol. The average Bonchev–Trinajstić information content (AvgIpc) is 1.04. The van der Waals surface area contributed by atoms with E-state index in [0.717, 1.165) is 93.7 Å². The van der Waals surface area contributed by atoms with E-state index in [2.05, 4.69) is 61.7 Å². The number of ether oxygens (including phenoxy) is 6. The van der Waals surface area contributed by atoms with Gasteiger partial charge in [0, 0.05) is 47.9 Å².